The van der Waals surface area contributed by atoms with Crippen LogP contribution in [0.15, 0.2) is 35.7 Å². The lowest BCUT2D eigenvalue weighted by atomic mass is 10.2. The van der Waals surface area contributed by atoms with Crippen LogP contribution in [0.5, 0.6) is 0 Å². The van der Waals surface area contributed by atoms with Crippen molar-refractivity contribution in [1.82, 2.24) is 10.3 Å². The maximum atomic E-state index is 12.0. The van der Waals surface area contributed by atoms with E-state index in [1.54, 1.807) is 0 Å². The van der Waals surface area contributed by atoms with E-state index in [2.05, 4.69) is 10.3 Å². The second-order valence-electron chi connectivity index (χ2n) is 3.51. The van der Waals surface area contributed by atoms with Gasteiger partial charge in [0.15, 0.2) is 0 Å². The van der Waals surface area contributed by atoms with E-state index in [0.29, 0.717) is 5.01 Å². The number of nitrogens with one attached hydrogen (secondary N) is 1. The van der Waals surface area contributed by atoms with Gasteiger partial charge in [0.1, 0.15) is 5.01 Å². The molecule has 6 heteroatoms. The van der Waals surface area contributed by atoms with Gasteiger partial charge < -0.3 is 5.32 Å². The Hall–Kier alpha value is -1.82. The smallest absolute Gasteiger partial charge is 0.315 e. The Morgan fingerprint density at radius 2 is 2.06 bits per heavy atom. The summed E-state index contributed by atoms with van der Waals surface area (Å²) in [6, 6.07) is 9.52. The molecule has 1 N–H and O–H groups in total. The fourth-order valence-corrected chi connectivity index (χ4v) is 2.12. The zero-order valence-corrected chi connectivity index (χ0v) is 10.1. The van der Waals surface area contributed by atoms with Crippen LogP contribution >= 0.6 is 11.3 Å². The van der Waals surface area contributed by atoms with Gasteiger partial charge in [-0.1, -0.05) is 30.3 Å². The molecular formula is C12H10F2N2OS. The van der Waals surface area contributed by atoms with E-state index < -0.39 is 12.3 Å². The molecule has 1 heterocycles. The number of benzene rings is 1. The van der Waals surface area contributed by atoms with Crippen LogP contribution in [0.4, 0.5) is 8.78 Å². The van der Waals surface area contributed by atoms with Crippen LogP contribution in [0.1, 0.15) is 5.01 Å². The van der Waals surface area contributed by atoms with Gasteiger partial charge in [-0.05, 0) is 0 Å². The van der Waals surface area contributed by atoms with E-state index in [4.69, 9.17) is 0 Å². The molecule has 0 aliphatic rings. The third kappa shape index (κ3) is 3.10. The number of rotatable bonds is 4. The highest BCUT2D eigenvalue weighted by molar-refractivity contribution is 7.09. The number of aromatic nitrogens is 1. The van der Waals surface area contributed by atoms with Crippen LogP contribution in [-0.4, -0.2) is 17.3 Å². The summed E-state index contributed by atoms with van der Waals surface area (Å²) in [6.45, 7) is 0.0284. The number of carbonyl (C=O) groups is 1. The van der Waals surface area contributed by atoms with Gasteiger partial charge in [-0.3, -0.25) is 4.79 Å². The minimum atomic E-state index is -2.99. The summed E-state index contributed by atoms with van der Waals surface area (Å²) in [6.07, 6.45) is -2.99. The first-order chi connectivity index (χ1) is 8.66. The molecule has 94 valence electrons. The van der Waals surface area contributed by atoms with Crippen LogP contribution in [-0.2, 0) is 11.3 Å². The van der Waals surface area contributed by atoms with Crippen molar-refractivity contribution >= 4 is 17.2 Å². The topological polar surface area (TPSA) is 42.0 Å². The molecule has 1 amide bonds. The third-order valence-corrected chi connectivity index (χ3v) is 3.08. The van der Waals surface area contributed by atoms with Crippen LogP contribution in [0, 0.1) is 0 Å². The first kappa shape index (κ1) is 12.6. The van der Waals surface area contributed by atoms with E-state index >= 15 is 0 Å². The lowest BCUT2D eigenvalue weighted by Gasteiger charge is -2.00. The van der Waals surface area contributed by atoms with Gasteiger partial charge in [0.2, 0.25) is 0 Å². The Bertz CT molecular complexity index is 528. The van der Waals surface area contributed by atoms with Gasteiger partial charge in [-0.15, -0.1) is 11.3 Å². The molecule has 0 aliphatic carbocycles. The van der Waals surface area contributed by atoms with Gasteiger partial charge in [0.25, 0.3) is 5.91 Å². The second kappa shape index (κ2) is 5.68. The summed E-state index contributed by atoms with van der Waals surface area (Å²) in [4.78, 5) is 15.0. The minimum absolute atomic E-state index is 0.0284. The lowest BCUT2D eigenvalue weighted by molar-refractivity contribution is -0.131. The van der Waals surface area contributed by atoms with Gasteiger partial charge in [0.05, 0.1) is 12.2 Å². The van der Waals surface area contributed by atoms with E-state index in [0.717, 1.165) is 11.3 Å². The fourth-order valence-electron chi connectivity index (χ4n) is 1.37. The van der Waals surface area contributed by atoms with Crippen LogP contribution in [0.2, 0.25) is 0 Å². The first-order valence-electron chi connectivity index (χ1n) is 5.22. The third-order valence-electron chi connectivity index (χ3n) is 2.23. The van der Waals surface area contributed by atoms with Gasteiger partial charge in [-0.25, -0.2) is 4.98 Å². The molecular weight excluding hydrogens is 258 g/mol. The monoisotopic (exact) mass is 268 g/mol. The van der Waals surface area contributed by atoms with Gasteiger partial charge in [0, 0.05) is 10.9 Å². The standard InChI is InChI=1S/C12H10F2N2OS/c13-11(14)12(17)15-6-10-16-9(7-18-10)8-4-2-1-3-5-8/h1-5,7,11H,6H2,(H,15,17). The van der Waals surface area contributed by atoms with Crippen LogP contribution in [0.25, 0.3) is 11.3 Å². The molecule has 3 nitrogen and oxygen atoms in total. The largest absolute Gasteiger partial charge is 0.345 e. The highest BCUT2D eigenvalue weighted by Gasteiger charge is 2.14. The zero-order valence-electron chi connectivity index (χ0n) is 9.27. The van der Waals surface area contributed by atoms with Crippen LogP contribution in [0.3, 0.4) is 0 Å². The van der Waals surface area contributed by atoms with Gasteiger partial charge >= 0.3 is 6.43 Å². The molecule has 1 aromatic heterocycles. The molecule has 0 saturated carbocycles. The maximum Gasteiger partial charge on any atom is 0.315 e. The van der Waals surface area contributed by atoms with Crippen molar-refractivity contribution in [2.24, 2.45) is 0 Å². The maximum absolute atomic E-state index is 12.0. The molecule has 0 bridgehead atoms. The molecule has 0 unspecified atom stereocenters. The predicted octanol–water partition coefficient (Wildman–Crippen LogP) is 2.69. The van der Waals surface area contributed by atoms with E-state index in [-0.39, 0.29) is 6.54 Å². The lowest BCUT2D eigenvalue weighted by Crippen LogP contribution is -2.28. The van der Waals surface area contributed by atoms with Crippen molar-refractivity contribution in [2.75, 3.05) is 0 Å². The molecule has 1 aromatic carbocycles. The van der Waals surface area contributed by atoms with Gasteiger partial charge in [-0.2, -0.15) is 8.78 Å². The summed E-state index contributed by atoms with van der Waals surface area (Å²) < 4.78 is 23.9. The van der Waals surface area contributed by atoms with Crippen molar-refractivity contribution in [3.8, 4) is 11.3 Å². The minimum Gasteiger partial charge on any atom is -0.345 e. The number of hydrogen-bond donors (Lipinski definition) is 1. The highest BCUT2D eigenvalue weighted by atomic mass is 32.1. The molecule has 0 aliphatic heterocycles. The summed E-state index contributed by atoms with van der Waals surface area (Å²) >= 11 is 1.33. The number of nitrogens with zero attached hydrogens (tertiary/aromatic N) is 1. The number of alkyl halides is 2. The first-order valence-corrected chi connectivity index (χ1v) is 6.10. The normalized spacial score (nSPS) is 10.6. The predicted molar refractivity (Wildman–Crippen MR) is 65.4 cm³/mol. The van der Waals surface area contributed by atoms with Crippen molar-refractivity contribution in [3.05, 3.63) is 40.7 Å². The zero-order chi connectivity index (χ0) is 13.0. The van der Waals surface area contributed by atoms with E-state index in [9.17, 15) is 13.6 Å². The molecule has 0 radical (unpaired) electrons. The molecule has 0 atom stereocenters. The molecule has 18 heavy (non-hydrogen) atoms. The summed E-state index contributed by atoms with van der Waals surface area (Å²) in [5, 5.41) is 4.55. The summed E-state index contributed by atoms with van der Waals surface area (Å²) in [5.41, 5.74) is 1.74. The van der Waals surface area contributed by atoms with E-state index in [1.807, 2.05) is 35.7 Å². The molecule has 0 saturated heterocycles. The molecule has 2 aromatic rings. The fraction of sp³-hybridized carbons (Fsp3) is 0.167. The number of halogens is 2. The van der Waals surface area contributed by atoms with Crippen LogP contribution < -0.4 is 5.32 Å². The average molecular weight is 268 g/mol. The molecule has 0 spiro atoms. The van der Waals surface area contributed by atoms with Crippen molar-refractivity contribution < 1.29 is 13.6 Å². The van der Waals surface area contributed by atoms with Crippen molar-refractivity contribution in [1.29, 1.82) is 0 Å². The number of thiazole rings is 1. The average Bonchev–Trinajstić information content (AvgIpc) is 2.85. The van der Waals surface area contributed by atoms with Crippen molar-refractivity contribution in [3.63, 3.8) is 0 Å². The molecule has 0 fully saturated rings. The molecule has 2 rings (SSSR count). The Balaban J connectivity index is 2.01. The Morgan fingerprint density at radius 3 is 2.72 bits per heavy atom. The quantitative estimate of drug-likeness (QED) is 0.926. The van der Waals surface area contributed by atoms with Crippen molar-refractivity contribution in [2.45, 2.75) is 13.0 Å². The SMILES string of the molecule is O=C(NCc1nc(-c2ccccc2)cs1)C(F)F. The Morgan fingerprint density at radius 1 is 1.33 bits per heavy atom. The number of carbonyl (C=O) groups excluding carboxylic acids is 1. The summed E-state index contributed by atoms with van der Waals surface area (Å²) in [7, 11) is 0. The summed E-state index contributed by atoms with van der Waals surface area (Å²) in [5.74, 6) is -1.27. The second-order valence-corrected chi connectivity index (χ2v) is 4.45. The Labute approximate surface area is 106 Å². The van der Waals surface area contributed by atoms with E-state index in [1.165, 1.54) is 11.3 Å². The Kier molecular flexibility index (Phi) is 3.99. The number of hydrogen-bond acceptors (Lipinski definition) is 3. The highest BCUT2D eigenvalue weighted by Crippen LogP contribution is 2.21. The number of amides is 1.